The molecule has 0 saturated carbocycles. The molecule has 1 aromatic carbocycles. The van der Waals surface area contributed by atoms with E-state index in [1.807, 2.05) is 31.3 Å². The third kappa shape index (κ3) is 2.33. The fourth-order valence-electron chi connectivity index (χ4n) is 1.19. The van der Waals surface area contributed by atoms with E-state index in [0.29, 0.717) is 0 Å². The summed E-state index contributed by atoms with van der Waals surface area (Å²) < 4.78 is 1.02. The van der Waals surface area contributed by atoms with Gasteiger partial charge in [-0.3, -0.25) is 0 Å². The van der Waals surface area contributed by atoms with E-state index in [1.165, 1.54) is 0 Å². The molecule has 1 aromatic heterocycles. The lowest BCUT2D eigenvalue weighted by molar-refractivity contribution is 1.36. The molecule has 0 spiro atoms. The fourth-order valence-corrected chi connectivity index (χ4v) is 2.77. The standard InChI is InChI=1S/C10H8BrClN2S/c1-13-10-14-8(9(11)15-10)6-2-4-7(12)5-3-6/h2-5H,1H3,(H,13,14). The third-order valence-corrected chi connectivity index (χ3v) is 3.89. The van der Waals surface area contributed by atoms with Gasteiger partial charge in [0.2, 0.25) is 0 Å². The minimum Gasteiger partial charge on any atom is -0.365 e. The van der Waals surface area contributed by atoms with Crippen molar-refractivity contribution in [2.75, 3.05) is 12.4 Å². The zero-order chi connectivity index (χ0) is 10.8. The second-order valence-electron chi connectivity index (χ2n) is 2.90. The number of rotatable bonds is 2. The molecule has 0 amide bonds. The van der Waals surface area contributed by atoms with Crippen molar-refractivity contribution in [3.63, 3.8) is 0 Å². The Morgan fingerprint density at radius 2 is 2.00 bits per heavy atom. The van der Waals surface area contributed by atoms with Gasteiger partial charge >= 0.3 is 0 Å². The molecule has 15 heavy (non-hydrogen) atoms. The van der Waals surface area contributed by atoms with Gasteiger partial charge < -0.3 is 5.32 Å². The molecule has 1 N–H and O–H groups in total. The monoisotopic (exact) mass is 302 g/mol. The molecule has 1 heterocycles. The number of thiazole rings is 1. The first-order valence-electron chi connectivity index (χ1n) is 4.30. The first-order valence-corrected chi connectivity index (χ1v) is 6.29. The van der Waals surface area contributed by atoms with Gasteiger partial charge in [-0.2, -0.15) is 0 Å². The normalized spacial score (nSPS) is 10.3. The Balaban J connectivity index is 2.44. The van der Waals surface area contributed by atoms with Gasteiger partial charge in [0.1, 0.15) is 0 Å². The van der Waals surface area contributed by atoms with Crippen LogP contribution in [0.1, 0.15) is 0 Å². The van der Waals surface area contributed by atoms with E-state index in [2.05, 4.69) is 26.2 Å². The Hall–Kier alpha value is -0.580. The number of hydrogen-bond donors (Lipinski definition) is 1. The molecule has 0 saturated heterocycles. The lowest BCUT2D eigenvalue weighted by atomic mass is 10.2. The summed E-state index contributed by atoms with van der Waals surface area (Å²) in [4.78, 5) is 4.45. The van der Waals surface area contributed by atoms with E-state index in [-0.39, 0.29) is 0 Å². The van der Waals surface area contributed by atoms with Gasteiger partial charge in [-0.15, -0.1) is 0 Å². The molecule has 0 radical (unpaired) electrons. The Morgan fingerprint density at radius 1 is 1.33 bits per heavy atom. The smallest absolute Gasteiger partial charge is 0.184 e. The number of benzene rings is 1. The minimum atomic E-state index is 0.735. The molecule has 0 aliphatic carbocycles. The molecule has 0 aliphatic rings. The number of nitrogens with zero attached hydrogens (tertiary/aromatic N) is 1. The van der Waals surface area contributed by atoms with Crippen LogP contribution in [0.5, 0.6) is 0 Å². The van der Waals surface area contributed by atoms with Crippen molar-refractivity contribution in [1.82, 2.24) is 4.98 Å². The quantitative estimate of drug-likeness (QED) is 0.896. The molecule has 2 aromatic rings. The van der Waals surface area contributed by atoms with Crippen LogP contribution in [0.2, 0.25) is 5.02 Å². The lowest BCUT2D eigenvalue weighted by Gasteiger charge is -1.97. The number of halogens is 2. The van der Waals surface area contributed by atoms with E-state index < -0.39 is 0 Å². The predicted octanol–water partition coefficient (Wildman–Crippen LogP) is 4.27. The number of anilines is 1. The molecular weight excluding hydrogens is 296 g/mol. The van der Waals surface area contributed by atoms with Gasteiger partial charge in [0, 0.05) is 17.6 Å². The van der Waals surface area contributed by atoms with Gasteiger partial charge in [-0.05, 0) is 28.1 Å². The molecule has 0 atom stereocenters. The van der Waals surface area contributed by atoms with Gasteiger partial charge in [0.25, 0.3) is 0 Å². The van der Waals surface area contributed by atoms with Gasteiger partial charge in [-0.25, -0.2) is 4.98 Å². The summed E-state index contributed by atoms with van der Waals surface area (Å²) in [5.74, 6) is 0. The third-order valence-electron chi connectivity index (χ3n) is 1.92. The Kier molecular flexibility index (Phi) is 3.29. The highest BCUT2D eigenvalue weighted by molar-refractivity contribution is 9.11. The second-order valence-corrected chi connectivity index (χ2v) is 5.65. The molecule has 78 valence electrons. The summed E-state index contributed by atoms with van der Waals surface area (Å²) in [6.45, 7) is 0. The van der Waals surface area contributed by atoms with Crippen LogP contribution in [-0.2, 0) is 0 Å². The average molecular weight is 304 g/mol. The molecule has 0 aliphatic heterocycles. The van der Waals surface area contributed by atoms with Crippen LogP contribution in [0.3, 0.4) is 0 Å². The van der Waals surface area contributed by atoms with Crippen molar-refractivity contribution in [1.29, 1.82) is 0 Å². The summed E-state index contributed by atoms with van der Waals surface area (Å²) in [6, 6.07) is 7.65. The summed E-state index contributed by atoms with van der Waals surface area (Å²) in [5, 5.41) is 4.65. The van der Waals surface area contributed by atoms with Crippen LogP contribution >= 0.6 is 38.9 Å². The van der Waals surface area contributed by atoms with Gasteiger partial charge in [-0.1, -0.05) is 35.1 Å². The van der Waals surface area contributed by atoms with Gasteiger partial charge in [0.05, 0.1) is 9.48 Å². The van der Waals surface area contributed by atoms with E-state index in [4.69, 9.17) is 11.6 Å². The maximum Gasteiger partial charge on any atom is 0.184 e. The average Bonchev–Trinajstić information content (AvgIpc) is 2.61. The van der Waals surface area contributed by atoms with E-state index >= 15 is 0 Å². The summed E-state index contributed by atoms with van der Waals surface area (Å²) >= 11 is 10.9. The molecule has 2 nitrogen and oxygen atoms in total. The second kappa shape index (κ2) is 4.51. The Labute approximate surface area is 105 Å². The predicted molar refractivity (Wildman–Crippen MR) is 69.8 cm³/mol. The topological polar surface area (TPSA) is 24.9 Å². The number of aromatic nitrogens is 1. The molecule has 5 heteroatoms. The number of hydrogen-bond acceptors (Lipinski definition) is 3. The van der Waals surface area contributed by atoms with E-state index in [9.17, 15) is 0 Å². The minimum absolute atomic E-state index is 0.735. The summed E-state index contributed by atoms with van der Waals surface area (Å²) in [6.07, 6.45) is 0. The van der Waals surface area contributed by atoms with Crippen molar-refractivity contribution in [3.05, 3.63) is 33.1 Å². The van der Waals surface area contributed by atoms with E-state index in [1.54, 1.807) is 11.3 Å². The van der Waals surface area contributed by atoms with Crippen LogP contribution in [0.25, 0.3) is 11.3 Å². The maximum absolute atomic E-state index is 5.83. The van der Waals surface area contributed by atoms with Crippen molar-refractivity contribution in [2.45, 2.75) is 0 Å². The van der Waals surface area contributed by atoms with Crippen molar-refractivity contribution < 1.29 is 0 Å². The van der Waals surface area contributed by atoms with Gasteiger partial charge in [0.15, 0.2) is 5.13 Å². The highest BCUT2D eigenvalue weighted by atomic mass is 79.9. The molecule has 0 unspecified atom stereocenters. The first-order chi connectivity index (χ1) is 7.20. The zero-order valence-corrected chi connectivity index (χ0v) is 11.1. The van der Waals surface area contributed by atoms with Crippen LogP contribution in [0.4, 0.5) is 5.13 Å². The molecule has 0 bridgehead atoms. The zero-order valence-electron chi connectivity index (χ0n) is 7.92. The largest absolute Gasteiger partial charge is 0.365 e. The molecular formula is C10H8BrClN2S. The molecule has 0 fully saturated rings. The van der Waals surface area contributed by atoms with Crippen molar-refractivity contribution in [2.24, 2.45) is 0 Å². The highest BCUT2D eigenvalue weighted by Gasteiger charge is 2.09. The Morgan fingerprint density at radius 3 is 2.53 bits per heavy atom. The Bertz CT molecular complexity index is 467. The maximum atomic E-state index is 5.83. The van der Waals surface area contributed by atoms with Crippen LogP contribution in [0, 0.1) is 0 Å². The molecule has 2 rings (SSSR count). The van der Waals surface area contributed by atoms with Crippen LogP contribution < -0.4 is 5.32 Å². The summed E-state index contributed by atoms with van der Waals surface area (Å²) in [5.41, 5.74) is 2.00. The first kappa shape index (κ1) is 10.9. The van der Waals surface area contributed by atoms with Crippen LogP contribution in [0.15, 0.2) is 28.1 Å². The summed E-state index contributed by atoms with van der Waals surface area (Å²) in [7, 11) is 1.86. The fraction of sp³-hybridized carbons (Fsp3) is 0.100. The van der Waals surface area contributed by atoms with Crippen molar-refractivity contribution in [3.8, 4) is 11.3 Å². The lowest BCUT2D eigenvalue weighted by Crippen LogP contribution is -1.85. The highest BCUT2D eigenvalue weighted by Crippen LogP contribution is 2.35. The van der Waals surface area contributed by atoms with Crippen molar-refractivity contribution >= 4 is 44.0 Å². The number of nitrogens with one attached hydrogen (secondary N) is 1. The SMILES string of the molecule is CNc1nc(-c2ccc(Cl)cc2)c(Br)s1. The van der Waals surface area contributed by atoms with Crippen LogP contribution in [-0.4, -0.2) is 12.0 Å². The van der Waals surface area contributed by atoms with E-state index in [0.717, 1.165) is 25.2 Å².